The van der Waals surface area contributed by atoms with Gasteiger partial charge in [0.05, 0.1) is 65.1 Å². The molecule has 427 valence electrons. The van der Waals surface area contributed by atoms with Crippen LogP contribution in [0, 0.1) is 92.7 Å². The van der Waals surface area contributed by atoms with Crippen molar-refractivity contribution < 1.29 is 42.9 Å². The van der Waals surface area contributed by atoms with Crippen molar-refractivity contribution in [1.82, 2.24) is 0 Å². The molecular formula is C63H113BO9P. The molecule has 3 N–H and O–H groups in total. The first kappa shape index (κ1) is 64.3. The number of aliphatic hydroxyl groups is 1. The van der Waals surface area contributed by atoms with Gasteiger partial charge in [0.25, 0.3) is 0 Å². The Balaban J connectivity index is 0.000000268. The number of hydrogen-bond acceptors (Lipinski definition) is 7. The van der Waals surface area contributed by atoms with Gasteiger partial charge in [0.1, 0.15) is 0 Å². The number of hydrogen-bond donors (Lipinski definition) is 3. The van der Waals surface area contributed by atoms with Crippen LogP contribution in [-0.4, -0.2) is 88.4 Å². The largest absolute Gasteiger partial charge is 0.469 e. The molecule has 0 heterocycles. The van der Waals surface area contributed by atoms with Crippen molar-refractivity contribution in [2.24, 2.45) is 92.7 Å². The van der Waals surface area contributed by atoms with E-state index in [-0.39, 0.29) is 41.8 Å². The lowest BCUT2D eigenvalue weighted by atomic mass is 9.47. The van der Waals surface area contributed by atoms with E-state index >= 15 is 0 Å². The van der Waals surface area contributed by atoms with Gasteiger partial charge in [-0.15, -0.1) is 0 Å². The average Bonchev–Trinajstić information content (AvgIpc) is 3.88. The van der Waals surface area contributed by atoms with Crippen molar-refractivity contribution in [2.45, 2.75) is 230 Å². The highest BCUT2D eigenvalue weighted by Crippen LogP contribution is 2.69. The summed E-state index contributed by atoms with van der Waals surface area (Å²) in [5.74, 6) is 10.6. The zero-order valence-electron chi connectivity index (χ0n) is 48.3. The summed E-state index contributed by atoms with van der Waals surface area (Å²) in [6.07, 6.45) is 35.5. The highest BCUT2D eigenvalue weighted by molar-refractivity contribution is 7.46. The third-order valence-corrected chi connectivity index (χ3v) is 22.9. The molecule has 74 heavy (non-hydrogen) atoms. The van der Waals surface area contributed by atoms with E-state index < -0.39 is 7.82 Å². The molecule has 8 rings (SSSR count). The number of fused-ring (bicyclic) bond motifs is 10. The molecule has 16 atom stereocenters. The summed E-state index contributed by atoms with van der Waals surface area (Å²) < 4.78 is 38.3. The van der Waals surface area contributed by atoms with Crippen LogP contribution in [0.5, 0.6) is 0 Å². The lowest BCUT2D eigenvalue weighted by Gasteiger charge is -2.58. The second kappa shape index (κ2) is 28.2. The van der Waals surface area contributed by atoms with Gasteiger partial charge in [0.2, 0.25) is 0 Å². The number of phosphoric acid groups is 1. The average molecular weight is 1060 g/mol. The molecule has 0 aromatic rings. The summed E-state index contributed by atoms with van der Waals surface area (Å²) in [5.41, 5.74) is 5.21. The van der Waals surface area contributed by atoms with Crippen molar-refractivity contribution in [3.05, 3.63) is 23.3 Å². The van der Waals surface area contributed by atoms with Crippen LogP contribution in [0.15, 0.2) is 23.3 Å². The highest BCUT2D eigenvalue weighted by Gasteiger charge is 2.61. The minimum atomic E-state index is -4.42. The molecule has 3 radical (unpaired) electrons. The second-order valence-corrected chi connectivity index (χ2v) is 28.6. The van der Waals surface area contributed by atoms with E-state index in [4.69, 9.17) is 33.8 Å². The first-order valence-corrected chi connectivity index (χ1v) is 31.8. The summed E-state index contributed by atoms with van der Waals surface area (Å²) >= 11 is 0. The first-order valence-electron chi connectivity index (χ1n) is 30.3. The van der Waals surface area contributed by atoms with Crippen LogP contribution in [0.25, 0.3) is 0 Å². The molecule has 6 fully saturated rings. The number of ether oxygens (including phenoxy) is 4. The van der Waals surface area contributed by atoms with E-state index in [1.54, 1.807) is 11.1 Å². The van der Waals surface area contributed by atoms with E-state index in [9.17, 15) is 4.57 Å². The Morgan fingerprint density at radius 1 is 0.554 bits per heavy atom. The minimum Gasteiger partial charge on any atom is -0.394 e. The van der Waals surface area contributed by atoms with Crippen LogP contribution in [0.3, 0.4) is 0 Å². The molecule has 0 saturated heterocycles. The van der Waals surface area contributed by atoms with Crippen molar-refractivity contribution in [1.29, 1.82) is 0 Å². The molecule has 0 unspecified atom stereocenters. The maximum atomic E-state index is 10.7. The zero-order valence-corrected chi connectivity index (χ0v) is 49.2. The predicted molar refractivity (Wildman–Crippen MR) is 305 cm³/mol. The SMILES string of the molecule is C.CC(C)CCC[C@@H](C)[C@H]1CC[C@H]2[C@@H]3CC=C4C[C@@H](OCCOCCO)CC[C@]4(C)[C@H]3CC[C@]12C.CC(C)CCC[C@@H](C)[C@H]1CC[C@H]2[C@@H]3CC=C4C[C@@H](OCCOCCOP(=O)(O)O)CC[C@]4(C)[C@H]3CC[C@]12C.[B]. The van der Waals surface area contributed by atoms with Gasteiger partial charge in [-0.3, -0.25) is 4.52 Å². The molecule has 8 aliphatic carbocycles. The van der Waals surface area contributed by atoms with E-state index in [0.717, 1.165) is 90.3 Å². The standard InChI is InChI=1S/C31H55O6P.C31H54O3.CH4.B/c1-22(2)7-6-8-23(3)27-11-12-28-26-10-9-24-21-25(36-19-17-35-18-20-37-38(32,33)34)13-15-30(24,4)29(26)14-16-31(27,28)5;1-22(2)7-6-8-23(3)27-11-12-28-26-10-9-24-21-25(34-20-19-33-18-17-32)13-15-30(24,4)29(26)14-16-31(27,28)5;;/h9,22-23,25-29H,6-8,10-21H2,1-5H3,(H2,32,33,34);9,22-23,25-29,32H,6-8,10-21H2,1-5H3;1H4;/t2*23-,25+,26+,27-,28+,29+,30+,31-;;/m11../s1. The lowest BCUT2D eigenvalue weighted by molar-refractivity contribution is -0.0683. The summed E-state index contributed by atoms with van der Waals surface area (Å²) in [6.45, 7) is 27.9. The van der Waals surface area contributed by atoms with Gasteiger partial charge >= 0.3 is 7.82 Å². The van der Waals surface area contributed by atoms with Crippen LogP contribution in [0.4, 0.5) is 0 Å². The molecule has 11 heteroatoms. The molecule has 0 aliphatic heterocycles. The van der Waals surface area contributed by atoms with Gasteiger partial charge in [-0.2, -0.15) is 0 Å². The Bertz CT molecular complexity index is 1800. The molecular weight excluding hydrogens is 942 g/mol. The van der Waals surface area contributed by atoms with Crippen LogP contribution < -0.4 is 0 Å². The van der Waals surface area contributed by atoms with E-state index in [0.29, 0.717) is 60.8 Å². The first-order chi connectivity index (χ1) is 34.2. The van der Waals surface area contributed by atoms with Gasteiger partial charge in [-0.1, -0.05) is 138 Å². The molecule has 0 aromatic heterocycles. The maximum Gasteiger partial charge on any atom is 0.469 e. The number of allylic oxidation sites excluding steroid dienone is 2. The summed E-state index contributed by atoms with van der Waals surface area (Å²) in [7, 11) is -4.42. The molecule has 0 spiro atoms. The number of aliphatic hydroxyl groups excluding tert-OH is 1. The van der Waals surface area contributed by atoms with E-state index in [1.807, 2.05) is 0 Å². The third-order valence-electron chi connectivity index (χ3n) is 22.4. The Kier molecular flexibility index (Phi) is 24.5. The predicted octanol–water partition coefficient (Wildman–Crippen LogP) is 15.2. The van der Waals surface area contributed by atoms with Crippen LogP contribution in [0.1, 0.15) is 218 Å². The highest BCUT2D eigenvalue weighted by atomic mass is 31.2. The monoisotopic (exact) mass is 1060 g/mol. The molecule has 0 bridgehead atoms. The second-order valence-electron chi connectivity index (χ2n) is 27.3. The molecule has 8 aliphatic rings. The van der Waals surface area contributed by atoms with Crippen molar-refractivity contribution in [3.63, 3.8) is 0 Å². The zero-order chi connectivity index (χ0) is 51.9. The van der Waals surface area contributed by atoms with Crippen LogP contribution in [-0.2, 0) is 28.0 Å². The molecule has 0 aromatic carbocycles. The van der Waals surface area contributed by atoms with Gasteiger partial charge in [0, 0.05) is 8.41 Å². The van der Waals surface area contributed by atoms with Crippen LogP contribution >= 0.6 is 7.82 Å². The summed E-state index contributed by atoms with van der Waals surface area (Å²) in [6, 6.07) is 0. The summed E-state index contributed by atoms with van der Waals surface area (Å²) in [5, 5.41) is 8.86. The summed E-state index contributed by atoms with van der Waals surface area (Å²) in [4.78, 5) is 17.4. The van der Waals surface area contributed by atoms with E-state index in [2.05, 4.69) is 85.9 Å². The Hall–Kier alpha value is -0.545. The lowest BCUT2D eigenvalue weighted by Crippen LogP contribution is -2.51. The van der Waals surface area contributed by atoms with Crippen molar-refractivity contribution >= 4 is 16.2 Å². The number of rotatable bonds is 24. The fraction of sp³-hybridized carbons (Fsp3) is 0.937. The van der Waals surface area contributed by atoms with Crippen molar-refractivity contribution in [3.8, 4) is 0 Å². The topological polar surface area (TPSA) is 124 Å². The quantitative estimate of drug-likeness (QED) is 0.0375. The van der Waals surface area contributed by atoms with Gasteiger partial charge < -0.3 is 33.8 Å². The van der Waals surface area contributed by atoms with E-state index in [1.165, 1.54) is 122 Å². The van der Waals surface area contributed by atoms with Crippen LogP contribution in [0.2, 0.25) is 0 Å². The smallest absolute Gasteiger partial charge is 0.394 e. The Labute approximate surface area is 456 Å². The Morgan fingerprint density at radius 2 is 0.973 bits per heavy atom. The minimum absolute atomic E-state index is 0. The molecule has 0 amide bonds. The third kappa shape index (κ3) is 15.1. The normalized spacial score (nSPS) is 38.0. The Morgan fingerprint density at radius 3 is 1.38 bits per heavy atom. The van der Waals surface area contributed by atoms with Crippen molar-refractivity contribution in [2.75, 3.05) is 52.9 Å². The molecule has 6 saturated carbocycles. The van der Waals surface area contributed by atoms with Gasteiger partial charge in [-0.25, -0.2) is 4.57 Å². The fourth-order valence-electron chi connectivity index (χ4n) is 18.6. The van der Waals surface area contributed by atoms with Gasteiger partial charge in [0.15, 0.2) is 0 Å². The molecule has 9 nitrogen and oxygen atoms in total. The maximum absolute atomic E-state index is 10.7. The number of phosphoric ester groups is 1. The fourth-order valence-corrected chi connectivity index (χ4v) is 18.9. The van der Waals surface area contributed by atoms with Gasteiger partial charge in [-0.05, 0) is 195 Å².